The van der Waals surface area contributed by atoms with E-state index in [1.807, 2.05) is 0 Å². The number of amidine groups is 1. The SMILES string of the molecule is COc1ccccc1C(N)=NC(NC(=O)c1ccccc1Cl)(C(F)(F)F)C(F)(F)F. The Hall–Kier alpha value is -2.95. The van der Waals surface area contributed by atoms with Gasteiger partial charge in [-0.3, -0.25) is 4.79 Å². The van der Waals surface area contributed by atoms with Crippen LogP contribution < -0.4 is 15.8 Å². The highest BCUT2D eigenvalue weighted by molar-refractivity contribution is 6.33. The zero-order valence-corrected chi connectivity index (χ0v) is 15.9. The summed E-state index contributed by atoms with van der Waals surface area (Å²) in [6, 6.07) is 9.77. The van der Waals surface area contributed by atoms with E-state index in [0.29, 0.717) is 0 Å². The van der Waals surface area contributed by atoms with Crippen molar-refractivity contribution in [3.63, 3.8) is 0 Å². The van der Waals surface area contributed by atoms with Crippen LogP contribution in [0, 0.1) is 0 Å². The summed E-state index contributed by atoms with van der Waals surface area (Å²) < 4.78 is 87.4. The molecule has 3 N–H and O–H groups in total. The standard InChI is InChI=1S/C18H14ClF6N3O2/c1-30-13-9-5-3-7-11(13)14(26)27-16(17(20,21)22,18(23,24)25)28-15(29)10-6-2-4-8-12(10)19/h2-9H,1H3,(H2,26,27)(H,28,29). The number of ether oxygens (including phenoxy) is 1. The molecule has 1 amide bonds. The van der Waals surface area contributed by atoms with Gasteiger partial charge in [-0.25, -0.2) is 4.99 Å². The Morgan fingerprint density at radius 1 is 0.967 bits per heavy atom. The van der Waals surface area contributed by atoms with Gasteiger partial charge in [0.25, 0.3) is 5.91 Å². The van der Waals surface area contributed by atoms with Crippen molar-refractivity contribution in [1.29, 1.82) is 0 Å². The highest BCUT2D eigenvalue weighted by Crippen LogP contribution is 2.45. The minimum atomic E-state index is -6.10. The van der Waals surface area contributed by atoms with Crippen molar-refractivity contribution in [2.75, 3.05) is 7.11 Å². The molecule has 0 atom stereocenters. The second-order valence-electron chi connectivity index (χ2n) is 5.84. The average Bonchev–Trinajstić information content (AvgIpc) is 2.65. The van der Waals surface area contributed by atoms with E-state index in [2.05, 4.69) is 4.99 Å². The lowest BCUT2D eigenvalue weighted by Crippen LogP contribution is -2.67. The number of carbonyl (C=O) groups is 1. The molecule has 0 aliphatic rings. The number of hydrogen-bond donors (Lipinski definition) is 2. The van der Waals surface area contributed by atoms with Crippen molar-refractivity contribution in [2.45, 2.75) is 18.0 Å². The molecule has 0 radical (unpaired) electrons. The van der Waals surface area contributed by atoms with Gasteiger partial charge < -0.3 is 15.8 Å². The minimum Gasteiger partial charge on any atom is -0.496 e. The quantitative estimate of drug-likeness (QED) is 0.402. The number of alkyl halides is 6. The normalized spacial score (nSPS) is 13.1. The van der Waals surface area contributed by atoms with Crippen LogP contribution in [-0.2, 0) is 0 Å². The Balaban J connectivity index is 2.68. The molecule has 0 spiro atoms. The zero-order chi connectivity index (χ0) is 22.7. The third kappa shape index (κ3) is 4.45. The second kappa shape index (κ2) is 8.42. The maximum Gasteiger partial charge on any atom is 0.441 e. The van der Waals surface area contributed by atoms with Gasteiger partial charge in [-0.2, -0.15) is 26.3 Å². The van der Waals surface area contributed by atoms with Crippen molar-refractivity contribution < 1.29 is 35.9 Å². The van der Waals surface area contributed by atoms with Crippen molar-refractivity contribution in [2.24, 2.45) is 10.7 Å². The Bertz CT molecular complexity index is 945. The second-order valence-corrected chi connectivity index (χ2v) is 6.24. The Labute approximate surface area is 171 Å². The first-order valence-corrected chi connectivity index (χ1v) is 8.41. The zero-order valence-electron chi connectivity index (χ0n) is 15.1. The van der Waals surface area contributed by atoms with E-state index < -0.39 is 35.3 Å². The largest absolute Gasteiger partial charge is 0.496 e. The fraction of sp³-hybridized carbons (Fsp3) is 0.222. The first-order valence-electron chi connectivity index (χ1n) is 8.03. The Kier molecular flexibility index (Phi) is 6.55. The molecule has 0 saturated heterocycles. The molecule has 0 aromatic heterocycles. The molecule has 0 bridgehead atoms. The van der Waals surface area contributed by atoms with Crippen molar-refractivity contribution in [3.8, 4) is 5.75 Å². The van der Waals surface area contributed by atoms with Crippen molar-refractivity contribution in [1.82, 2.24) is 5.32 Å². The number of nitrogens with one attached hydrogen (secondary N) is 1. The lowest BCUT2D eigenvalue weighted by Gasteiger charge is -2.34. The Morgan fingerprint density at radius 3 is 1.97 bits per heavy atom. The summed E-state index contributed by atoms with van der Waals surface area (Å²) in [6.45, 7) is 0. The number of aliphatic imine (C=N–C) groups is 1. The predicted molar refractivity (Wildman–Crippen MR) is 97.5 cm³/mol. The smallest absolute Gasteiger partial charge is 0.441 e. The predicted octanol–water partition coefficient (Wildman–Crippen LogP) is 4.30. The molecule has 162 valence electrons. The fourth-order valence-corrected chi connectivity index (χ4v) is 2.65. The van der Waals surface area contributed by atoms with Crippen LogP contribution >= 0.6 is 11.6 Å². The minimum absolute atomic E-state index is 0.116. The number of rotatable bonds is 5. The van der Waals surface area contributed by atoms with Gasteiger partial charge in [0.05, 0.1) is 23.3 Å². The van der Waals surface area contributed by atoms with Gasteiger partial charge in [0.2, 0.25) is 0 Å². The van der Waals surface area contributed by atoms with E-state index in [0.717, 1.165) is 30.6 Å². The van der Waals surface area contributed by atoms with E-state index in [1.165, 1.54) is 30.3 Å². The molecule has 5 nitrogen and oxygen atoms in total. The van der Waals surface area contributed by atoms with Crippen LogP contribution in [0.5, 0.6) is 5.75 Å². The van der Waals surface area contributed by atoms with Crippen molar-refractivity contribution >= 4 is 23.3 Å². The molecule has 0 fully saturated rings. The van der Waals surface area contributed by atoms with Gasteiger partial charge in [-0.15, -0.1) is 0 Å². The molecule has 12 heteroatoms. The summed E-state index contributed by atoms with van der Waals surface area (Å²) >= 11 is 5.72. The molecule has 0 unspecified atom stereocenters. The molecule has 30 heavy (non-hydrogen) atoms. The number of benzene rings is 2. The van der Waals surface area contributed by atoms with E-state index in [4.69, 9.17) is 22.1 Å². The monoisotopic (exact) mass is 453 g/mol. The lowest BCUT2D eigenvalue weighted by atomic mass is 10.1. The topological polar surface area (TPSA) is 76.7 Å². The number of carbonyl (C=O) groups excluding carboxylic acids is 1. The van der Waals surface area contributed by atoms with Crippen LogP contribution in [0.2, 0.25) is 5.02 Å². The van der Waals surface area contributed by atoms with Gasteiger partial charge in [0, 0.05) is 0 Å². The van der Waals surface area contributed by atoms with Gasteiger partial charge in [0.15, 0.2) is 0 Å². The molecule has 2 aromatic rings. The number of halogens is 7. The first-order chi connectivity index (χ1) is 13.8. The molecule has 0 aliphatic carbocycles. The third-order valence-corrected chi connectivity index (χ3v) is 4.23. The summed E-state index contributed by atoms with van der Waals surface area (Å²) in [6.07, 6.45) is -12.2. The maximum atomic E-state index is 13.7. The summed E-state index contributed by atoms with van der Waals surface area (Å²) in [5.41, 5.74) is -0.490. The number of para-hydroxylation sites is 1. The van der Waals surface area contributed by atoms with Crippen LogP contribution in [0.15, 0.2) is 53.5 Å². The van der Waals surface area contributed by atoms with Crippen LogP contribution in [0.4, 0.5) is 26.3 Å². The average molecular weight is 454 g/mol. The van der Waals surface area contributed by atoms with E-state index in [9.17, 15) is 31.1 Å². The van der Waals surface area contributed by atoms with Gasteiger partial charge in [0.1, 0.15) is 11.6 Å². The van der Waals surface area contributed by atoms with Crippen LogP contribution in [0.3, 0.4) is 0 Å². The number of nitrogens with zero attached hydrogens (tertiary/aromatic N) is 1. The highest BCUT2D eigenvalue weighted by Gasteiger charge is 2.73. The first kappa shape index (κ1) is 23.3. The molecule has 0 aliphatic heterocycles. The number of nitrogens with two attached hydrogens (primary N) is 1. The van der Waals surface area contributed by atoms with Crippen molar-refractivity contribution in [3.05, 3.63) is 64.7 Å². The number of hydrogen-bond acceptors (Lipinski definition) is 3. The summed E-state index contributed by atoms with van der Waals surface area (Å²) in [5.74, 6) is -3.01. The van der Waals surface area contributed by atoms with E-state index in [-0.39, 0.29) is 16.3 Å². The molecule has 2 aromatic carbocycles. The Morgan fingerprint density at radius 2 is 1.47 bits per heavy atom. The molecule has 0 saturated carbocycles. The molecular weight excluding hydrogens is 440 g/mol. The van der Waals surface area contributed by atoms with E-state index >= 15 is 0 Å². The molecule has 0 heterocycles. The van der Waals surface area contributed by atoms with Crippen LogP contribution in [0.25, 0.3) is 0 Å². The number of methoxy groups -OCH3 is 1. The molecule has 2 rings (SSSR count). The molecular formula is C18H14ClF6N3O2. The third-order valence-electron chi connectivity index (χ3n) is 3.90. The van der Waals surface area contributed by atoms with Crippen LogP contribution in [0.1, 0.15) is 15.9 Å². The summed E-state index contributed by atoms with van der Waals surface area (Å²) in [4.78, 5) is 15.0. The summed E-state index contributed by atoms with van der Waals surface area (Å²) in [5, 5.41) is 0.572. The number of amides is 1. The van der Waals surface area contributed by atoms with Gasteiger partial charge in [-0.1, -0.05) is 35.9 Å². The highest BCUT2D eigenvalue weighted by atomic mass is 35.5. The van der Waals surface area contributed by atoms with Gasteiger partial charge >= 0.3 is 18.0 Å². The maximum absolute atomic E-state index is 13.7. The summed E-state index contributed by atoms with van der Waals surface area (Å²) in [7, 11) is 1.14. The lowest BCUT2D eigenvalue weighted by molar-refractivity contribution is -0.301. The van der Waals surface area contributed by atoms with Crippen LogP contribution in [-0.4, -0.2) is 36.9 Å². The fourth-order valence-electron chi connectivity index (χ4n) is 2.43. The van der Waals surface area contributed by atoms with E-state index in [1.54, 1.807) is 0 Å². The van der Waals surface area contributed by atoms with Gasteiger partial charge in [-0.05, 0) is 24.3 Å².